The second-order valence-corrected chi connectivity index (χ2v) is 11.7. The average Bonchev–Trinajstić information content (AvgIpc) is 3.12. The second kappa shape index (κ2) is 11.9. The van der Waals surface area contributed by atoms with E-state index in [-0.39, 0.29) is 56.6 Å². The number of hydrogen-bond acceptors (Lipinski definition) is 9. The first kappa shape index (κ1) is 31.0. The predicted molar refractivity (Wildman–Crippen MR) is 139 cm³/mol. The quantitative estimate of drug-likeness (QED) is 0.143. The van der Waals surface area contributed by atoms with Gasteiger partial charge >= 0.3 is 39.7 Å². The number of aromatic nitrogens is 2. The van der Waals surface area contributed by atoms with Crippen molar-refractivity contribution in [1.29, 1.82) is 0 Å². The number of hydrogen-bond donors (Lipinski definition) is 1. The van der Waals surface area contributed by atoms with Gasteiger partial charge in [0.25, 0.3) is 5.56 Å². The van der Waals surface area contributed by atoms with Crippen LogP contribution in [0.1, 0.15) is 11.3 Å². The smallest absolute Gasteiger partial charge is 0.744 e. The molecule has 0 saturated heterocycles. The standard InChI is InChI=1S/C23H18Cl2N4O7S2.Na/c1-13-3-9-17(10-4-13)38(34,35)36-16-7-5-15(6-8-16)26-27-22-14(2)28-29(23(22)30)20-11-19(25)21(12-18(20)24)37(31,32)33;/h3-12,28H,1-2H3,(H,31,32,33);/q;+1/p-1. The van der Waals surface area contributed by atoms with E-state index in [0.717, 1.165) is 22.4 Å². The summed E-state index contributed by atoms with van der Waals surface area (Å²) in [5, 5.41) is 10.1. The van der Waals surface area contributed by atoms with Gasteiger partial charge in [-0.25, -0.2) is 13.1 Å². The van der Waals surface area contributed by atoms with Crippen LogP contribution < -0.4 is 39.3 Å². The van der Waals surface area contributed by atoms with Crippen molar-refractivity contribution in [3.63, 3.8) is 0 Å². The SMILES string of the molecule is Cc1ccc(S(=O)(=O)Oc2ccc(N=Nc3c(C)[nH]n(-c4cc(Cl)c(S(=O)(=O)[O-])cc4Cl)c3=O)cc2)cc1.[Na+]. The molecule has 4 rings (SSSR count). The molecule has 0 bridgehead atoms. The van der Waals surface area contributed by atoms with Gasteiger partial charge in [0.15, 0.2) is 5.69 Å². The number of nitrogens with one attached hydrogen (secondary N) is 1. The summed E-state index contributed by atoms with van der Waals surface area (Å²) < 4.78 is 65.0. The summed E-state index contributed by atoms with van der Waals surface area (Å²) >= 11 is 12.0. The maximum Gasteiger partial charge on any atom is 1.00 e. The van der Waals surface area contributed by atoms with Gasteiger partial charge in [-0.15, -0.1) is 5.11 Å². The number of benzene rings is 3. The number of aryl methyl sites for hydroxylation is 2. The molecule has 0 saturated carbocycles. The monoisotopic (exact) mass is 618 g/mol. The first-order chi connectivity index (χ1) is 17.8. The van der Waals surface area contributed by atoms with E-state index in [1.807, 2.05) is 6.92 Å². The minimum Gasteiger partial charge on any atom is -0.744 e. The molecule has 0 amide bonds. The zero-order valence-corrected chi connectivity index (χ0v) is 25.7. The number of aromatic amines is 1. The van der Waals surface area contributed by atoms with E-state index >= 15 is 0 Å². The Kier molecular flexibility index (Phi) is 9.51. The molecule has 0 aliphatic carbocycles. The van der Waals surface area contributed by atoms with Crippen molar-refractivity contribution in [1.82, 2.24) is 9.78 Å². The Hall–Kier alpha value is -2.49. The minimum atomic E-state index is -4.88. The Labute approximate surface area is 255 Å². The molecule has 3 aromatic carbocycles. The molecule has 1 N–H and O–H groups in total. The van der Waals surface area contributed by atoms with Crippen LogP contribution in [0.4, 0.5) is 11.4 Å². The van der Waals surface area contributed by atoms with Gasteiger partial charge in [0, 0.05) is 0 Å². The Morgan fingerprint density at radius 1 is 0.897 bits per heavy atom. The molecular weight excluding hydrogens is 602 g/mol. The summed E-state index contributed by atoms with van der Waals surface area (Å²) in [6.45, 7) is 3.38. The zero-order valence-electron chi connectivity index (χ0n) is 20.5. The van der Waals surface area contributed by atoms with Crippen LogP contribution in [0.2, 0.25) is 10.0 Å². The summed E-state index contributed by atoms with van der Waals surface area (Å²) in [6.07, 6.45) is 0. The van der Waals surface area contributed by atoms with Crippen LogP contribution in [-0.4, -0.2) is 31.2 Å². The van der Waals surface area contributed by atoms with Crippen molar-refractivity contribution >= 4 is 54.8 Å². The molecule has 0 atom stereocenters. The summed E-state index contributed by atoms with van der Waals surface area (Å²) in [5.41, 5.74) is 0.738. The van der Waals surface area contributed by atoms with Crippen molar-refractivity contribution in [3.8, 4) is 11.4 Å². The Bertz CT molecular complexity index is 1840. The zero-order chi connectivity index (χ0) is 27.8. The van der Waals surface area contributed by atoms with Crippen LogP contribution in [0.5, 0.6) is 5.75 Å². The molecule has 198 valence electrons. The maximum absolute atomic E-state index is 12.9. The van der Waals surface area contributed by atoms with E-state index in [1.165, 1.54) is 36.4 Å². The number of rotatable bonds is 7. The van der Waals surface area contributed by atoms with Crippen molar-refractivity contribution in [2.45, 2.75) is 23.6 Å². The molecule has 0 spiro atoms. The third kappa shape index (κ3) is 6.99. The molecule has 39 heavy (non-hydrogen) atoms. The van der Waals surface area contributed by atoms with Gasteiger partial charge in [0.05, 0.1) is 32.0 Å². The van der Waals surface area contributed by atoms with Crippen LogP contribution >= 0.6 is 23.2 Å². The molecule has 11 nitrogen and oxygen atoms in total. The molecule has 1 heterocycles. The van der Waals surface area contributed by atoms with Gasteiger partial charge in [-0.3, -0.25) is 9.89 Å². The minimum absolute atomic E-state index is 0. The normalized spacial score (nSPS) is 11.9. The van der Waals surface area contributed by atoms with Crippen LogP contribution in [0, 0.1) is 13.8 Å². The van der Waals surface area contributed by atoms with E-state index in [0.29, 0.717) is 11.4 Å². The van der Waals surface area contributed by atoms with Crippen LogP contribution in [-0.2, 0) is 20.2 Å². The van der Waals surface area contributed by atoms with Crippen molar-refractivity contribution in [3.05, 3.63) is 92.3 Å². The van der Waals surface area contributed by atoms with Gasteiger partial charge in [0.1, 0.15) is 20.8 Å². The van der Waals surface area contributed by atoms with Crippen LogP contribution in [0.25, 0.3) is 5.69 Å². The fraction of sp³-hybridized carbons (Fsp3) is 0.0870. The molecular formula is C23H17Cl2N4NaO7S2. The van der Waals surface area contributed by atoms with E-state index < -0.39 is 35.7 Å². The Balaban J connectivity index is 0.00000420. The third-order valence-electron chi connectivity index (χ3n) is 5.17. The summed E-state index contributed by atoms with van der Waals surface area (Å²) in [4.78, 5) is 12.2. The second-order valence-electron chi connectivity index (χ2n) is 7.96. The fourth-order valence-electron chi connectivity index (χ4n) is 3.26. The van der Waals surface area contributed by atoms with Crippen LogP contribution in [0.3, 0.4) is 0 Å². The van der Waals surface area contributed by atoms with Crippen LogP contribution in [0.15, 0.2) is 85.5 Å². The predicted octanol–water partition coefficient (Wildman–Crippen LogP) is 2.18. The molecule has 0 unspecified atom stereocenters. The topological polar surface area (TPSA) is 163 Å². The third-order valence-corrected chi connectivity index (χ3v) is 8.04. The van der Waals surface area contributed by atoms with E-state index in [2.05, 4.69) is 15.3 Å². The Morgan fingerprint density at radius 3 is 2.10 bits per heavy atom. The van der Waals surface area contributed by atoms with Crippen molar-refractivity contribution in [2.24, 2.45) is 10.2 Å². The van der Waals surface area contributed by atoms with Crippen molar-refractivity contribution < 1.29 is 55.1 Å². The molecule has 0 aliphatic rings. The largest absolute Gasteiger partial charge is 1.00 e. The molecule has 16 heteroatoms. The molecule has 4 aromatic rings. The Morgan fingerprint density at radius 2 is 1.51 bits per heavy atom. The van der Waals surface area contributed by atoms with Gasteiger partial charge in [-0.2, -0.15) is 13.5 Å². The summed E-state index contributed by atoms with van der Waals surface area (Å²) in [5.74, 6) is 0.0553. The van der Waals surface area contributed by atoms with Gasteiger partial charge in [-0.05, 0) is 62.4 Å². The molecule has 0 radical (unpaired) electrons. The first-order valence-electron chi connectivity index (χ1n) is 10.6. The summed E-state index contributed by atoms with van der Waals surface area (Å²) in [6, 6.07) is 13.8. The van der Waals surface area contributed by atoms with Crippen molar-refractivity contribution in [2.75, 3.05) is 0 Å². The molecule has 0 aliphatic heterocycles. The number of H-pyrrole nitrogens is 1. The van der Waals surface area contributed by atoms with Gasteiger partial charge in [-0.1, -0.05) is 40.9 Å². The number of halogens is 2. The average molecular weight is 619 g/mol. The van der Waals surface area contributed by atoms with E-state index in [4.69, 9.17) is 27.4 Å². The van der Waals surface area contributed by atoms with E-state index in [9.17, 15) is 26.2 Å². The first-order valence-corrected chi connectivity index (χ1v) is 14.1. The number of azo groups is 1. The van der Waals surface area contributed by atoms with E-state index in [1.54, 1.807) is 19.1 Å². The molecule has 0 fully saturated rings. The van der Waals surface area contributed by atoms with Gasteiger partial charge in [0.2, 0.25) is 0 Å². The maximum atomic E-state index is 12.9. The summed E-state index contributed by atoms with van der Waals surface area (Å²) in [7, 11) is -8.90. The number of nitrogens with zero attached hydrogens (tertiary/aromatic N) is 3. The fourth-order valence-corrected chi connectivity index (χ4v) is 5.51. The van der Waals surface area contributed by atoms with Gasteiger partial charge < -0.3 is 8.74 Å². The molecule has 1 aromatic heterocycles.